The van der Waals surface area contributed by atoms with Crippen molar-refractivity contribution in [3.8, 4) is 0 Å². The van der Waals surface area contributed by atoms with Gasteiger partial charge in [-0.25, -0.2) is 4.79 Å². The largest absolute Gasteiger partial charge is 0.444 e. The van der Waals surface area contributed by atoms with E-state index >= 15 is 0 Å². The molecule has 0 spiro atoms. The van der Waals surface area contributed by atoms with Crippen LogP contribution in [0.1, 0.15) is 16.7 Å². The van der Waals surface area contributed by atoms with Crippen molar-refractivity contribution in [2.45, 2.75) is 13.5 Å². The summed E-state index contributed by atoms with van der Waals surface area (Å²) in [7, 11) is 0. The Labute approximate surface area is 133 Å². The van der Waals surface area contributed by atoms with Crippen molar-refractivity contribution in [1.82, 2.24) is 0 Å². The molecule has 0 bridgehead atoms. The van der Waals surface area contributed by atoms with Gasteiger partial charge in [0.2, 0.25) is 6.20 Å². The molecule has 6 heteroatoms. The topological polar surface area (TPSA) is 81.5 Å². The van der Waals surface area contributed by atoms with Crippen LogP contribution in [-0.2, 0) is 11.3 Å². The number of amides is 1. The first kappa shape index (κ1) is 16.2. The fraction of sp³-hybridized carbons (Fsp3) is 0.118. The third-order valence-electron chi connectivity index (χ3n) is 3.03. The van der Waals surface area contributed by atoms with Crippen LogP contribution in [0.25, 0.3) is 6.08 Å². The number of nitro groups is 1. The molecule has 2 rings (SSSR count). The average molecular weight is 312 g/mol. The number of ether oxygens (including phenoxy) is 1. The lowest BCUT2D eigenvalue weighted by Gasteiger charge is -2.10. The number of hydrogen-bond acceptors (Lipinski definition) is 4. The summed E-state index contributed by atoms with van der Waals surface area (Å²) in [5, 5.41) is 13.1. The molecule has 0 saturated heterocycles. The molecule has 6 nitrogen and oxygen atoms in total. The minimum atomic E-state index is -0.617. The fourth-order valence-corrected chi connectivity index (χ4v) is 1.94. The third-order valence-corrected chi connectivity index (χ3v) is 3.03. The minimum absolute atomic E-state index is 0.151. The second-order valence-electron chi connectivity index (χ2n) is 4.88. The standard InChI is InChI=1S/C17H16N2O4/c1-13-7-8-16(15(11-13)9-10-19(21)22)18-17(20)23-12-14-5-3-2-4-6-14/h2-11H,12H2,1H3,(H,18,20)/b10-9+. The number of nitrogens with zero attached hydrogens (tertiary/aromatic N) is 1. The lowest BCUT2D eigenvalue weighted by molar-refractivity contribution is -0.400. The molecule has 0 atom stereocenters. The van der Waals surface area contributed by atoms with Crippen LogP contribution in [0, 0.1) is 17.0 Å². The van der Waals surface area contributed by atoms with Crippen LogP contribution < -0.4 is 5.32 Å². The lowest BCUT2D eigenvalue weighted by Crippen LogP contribution is -2.14. The molecule has 0 aromatic heterocycles. The Morgan fingerprint density at radius 1 is 1.26 bits per heavy atom. The maximum atomic E-state index is 11.9. The second kappa shape index (κ2) is 7.74. The van der Waals surface area contributed by atoms with Gasteiger partial charge in [0.25, 0.3) is 0 Å². The molecule has 118 valence electrons. The Balaban J connectivity index is 2.04. The highest BCUT2D eigenvalue weighted by molar-refractivity contribution is 5.87. The number of rotatable bonds is 5. The van der Waals surface area contributed by atoms with Gasteiger partial charge < -0.3 is 4.74 Å². The van der Waals surface area contributed by atoms with Crippen molar-refractivity contribution in [1.29, 1.82) is 0 Å². The van der Waals surface area contributed by atoms with Crippen molar-refractivity contribution in [3.63, 3.8) is 0 Å². The molecule has 0 aliphatic rings. The molecule has 0 aliphatic carbocycles. The molecule has 0 heterocycles. The molecule has 23 heavy (non-hydrogen) atoms. The predicted molar refractivity (Wildman–Crippen MR) is 87.5 cm³/mol. The van der Waals surface area contributed by atoms with E-state index < -0.39 is 11.0 Å². The molecule has 0 radical (unpaired) electrons. The monoisotopic (exact) mass is 312 g/mol. The first-order valence-electron chi connectivity index (χ1n) is 6.94. The van der Waals surface area contributed by atoms with E-state index in [-0.39, 0.29) is 6.61 Å². The van der Waals surface area contributed by atoms with Crippen molar-refractivity contribution >= 4 is 17.9 Å². The van der Waals surface area contributed by atoms with Crippen LogP contribution in [0.5, 0.6) is 0 Å². The zero-order valence-corrected chi connectivity index (χ0v) is 12.6. The van der Waals surface area contributed by atoms with E-state index in [1.807, 2.05) is 37.3 Å². The van der Waals surface area contributed by atoms with Gasteiger partial charge in [0.05, 0.1) is 10.6 Å². The number of carbonyl (C=O) groups is 1. The van der Waals surface area contributed by atoms with Crippen molar-refractivity contribution in [2.24, 2.45) is 0 Å². The smallest absolute Gasteiger partial charge is 0.411 e. The van der Waals surface area contributed by atoms with Gasteiger partial charge in [-0.2, -0.15) is 0 Å². The zero-order chi connectivity index (χ0) is 16.7. The number of nitrogens with one attached hydrogen (secondary N) is 1. The van der Waals surface area contributed by atoms with E-state index in [0.717, 1.165) is 17.3 Å². The molecular formula is C17H16N2O4. The van der Waals surface area contributed by atoms with Gasteiger partial charge in [-0.3, -0.25) is 15.4 Å². The number of aryl methyl sites for hydroxylation is 1. The Bertz CT molecular complexity index is 727. The van der Waals surface area contributed by atoms with E-state index in [9.17, 15) is 14.9 Å². The summed E-state index contributed by atoms with van der Waals surface area (Å²) in [5.41, 5.74) is 2.79. The third kappa shape index (κ3) is 5.28. The SMILES string of the molecule is Cc1ccc(NC(=O)OCc2ccccc2)c(/C=C/[N+](=O)[O-])c1. The molecule has 0 unspecified atom stereocenters. The van der Waals surface area contributed by atoms with Gasteiger partial charge in [0.1, 0.15) is 6.61 Å². The normalized spacial score (nSPS) is 10.5. The van der Waals surface area contributed by atoms with Crippen LogP contribution >= 0.6 is 0 Å². The summed E-state index contributed by atoms with van der Waals surface area (Å²) in [6.45, 7) is 2.01. The fourth-order valence-electron chi connectivity index (χ4n) is 1.94. The van der Waals surface area contributed by atoms with Crippen LogP contribution in [0.3, 0.4) is 0 Å². The molecule has 2 aromatic rings. The molecule has 0 aliphatic heterocycles. The van der Waals surface area contributed by atoms with Crippen molar-refractivity contribution < 1.29 is 14.5 Å². The van der Waals surface area contributed by atoms with E-state index in [2.05, 4.69) is 5.32 Å². The van der Waals surface area contributed by atoms with Gasteiger partial charge in [0.15, 0.2) is 0 Å². The Hall–Kier alpha value is -3.15. The summed E-state index contributed by atoms with van der Waals surface area (Å²) in [6, 6.07) is 14.5. The summed E-state index contributed by atoms with van der Waals surface area (Å²) in [4.78, 5) is 21.8. The quantitative estimate of drug-likeness (QED) is 0.668. The first-order chi connectivity index (χ1) is 11.0. The molecular weight excluding hydrogens is 296 g/mol. The van der Waals surface area contributed by atoms with Gasteiger partial charge >= 0.3 is 6.09 Å². The first-order valence-corrected chi connectivity index (χ1v) is 6.94. The Morgan fingerprint density at radius 2 is 2.00 bits per heavy atom. The lowest BCUT2D eigenvalue weighted by atomic mass is 10.1. The summed E-state index contributed by atoms with van der Waals surface area (Å²) in [5.74, 6) is 0. The van der Waals surface area contributed by atoms with Gasteiger partial charge in [-0.05, 0) is 24.6 Å². The van der Waals surface area contributed by atoms with Crippen LogP contribution in [0.4, 0.5) is 10.5 Å². The van der Waals surface area contributed by atoms with E-state index in [4.69, 9.17) is 4.74 Å². The molecule has 1 N–H and O–H groups in total. The maximum Gasteiger partial charge on any atom is 0.411 e. The molecule has 1 amide bonds. The molecule has 0 fully saturated rings. The minimum Gasteiger partial charge on any atom is -0.444 e. The average Bonchev–Trinajstić information content (AvgIpc) is 2.54. The molecule has 2 aromatic carbocycles. The summed E-state index contributed by atoms with van der Waals surface area (Å²) < 4.78 is 5.13. The number of benzene rings is 2. The number of hydrogen-bond donors (Lipinski definition) is 1. The van der Waals surface area contributed by atoms with Gasteiger partial charge in [-0.1, -0.05) is 42.0 Å². The highest BCUT2D eigenvalue weighted by Crippen LogP contribution is 2.19. The maximum absolute atomic E-state index is 11.9. The highest BCUT2D eigenvalue weighted by Gasteiger charge is 2.08. The van der Waals surface area contributed by atoms with E-state index in [1.54, 1.807) is 18.2 Å². The van der Waals surface area contributed by atoms with E-state index in [0.29, 0.717) is 11.3 Å². The zero-order valence-electron chi connectivity index (χ0n) is 12.6. The van der Waals surface area contributed by atoms with Crippen LogP contribution in [0.15, 0.2) is 54.7 Å². The summed E-state index contributed by atoms with van der Waals surface area (Å²) >= 11 is 0. The van der Waals surface area contributed by atoms with Crippen LogP contribution in [-0.4, -0.2) is 11.0 Å². The molecule has 0 saturated carbocycles. The van der Waals surface area contributed by atoms with E-state index in [1.165, 1.54) is 6.08 Å². The van der Waals surface area contributed by atoms with Crippen molar-refractivity contribution in [2.75, 3.05) is 5.32 Å². The Kier molecular flexibility index (Phi) is 5.46. The van der Waals surface area contributed by atoms with Crippen molar-refractivity contribution in [3.05, 3.63) is 81.5 Å². The summed E-state index contributed by atoms with van der Waals surface area (Å²) in [6.07, 6.45) is 1.54. The predicted octanol–water partition coefficient (Wildman–Crippen LogP) is 3.99. The van der Waals surface area contributed by atoms with Gasteiger partial charge in [0, 0.05) is 11.6 Å². The Morgan fingerprint density at radius 3 is 2.70 bits per heavy atom. The number of carbonyl (C=O) groups excluding carboxylic acids is 1. The number of anilines is 1. The highest BCUT2D eigenvalue weighted by atomic mass is 16.6. The van der Waals surface area contributed by atoms with Crippen LogP contribution in [0.2, 0.25) is 0 Å². The van der Waals surface area contributed by atoms with Gasteiger partial charge in [-0.15, -0.1) is 0 Å². The second-order valence-corrected chi connectivity index (χ2v) is 4.88.